The number of benzene rings is 2. The van der Waals surface area contributed by atoms with Gasteiger partial charge in [0, 0.05) is 12.8 Å². The van der Waals surface area contributed by atoms with Crippen LogP contribution in [0.3, 0.4) is 0 Å². The van der Waals surface area contributed by atoms with Crippen molar-refractivity contribution >= 4 is 21.7 Å². The minimum atomic E-state index is -3.77. The number of anilines is 1. The first-order valence-electron chi connectivity index (χ1n) is 7.00. The molecule has 0 aromatic heterocycles. The van der Waals surface area contributed by atoms with Gasteiger partial charge in [0.2, 0.25) is 0 Å². The molecule has 0 spiro atoms. The highest BCUT2D eigenvalue weighted by atomic mass is 32.2. The Morgan fingerprint density at radius 1 is 1.04 bits per heavy atom. The van der Waals surface area contributed by atoms with E-state index in [1.54, 1.807) is 19.2 Å². The molecule has 0 aliphatic rings. The summed E-state index contributed by atoms with van der Waals surface area (Å²) in [5.74, 6) is -0.537. The van der Waals surface area contributed by atoms with Gasteiger partial charge >= 0.3 is 5.97 Å². The summed E-state index contributed by atoms with van der Waals surface area (Å²) in [5.41, 5.74) is 0.357. The molecule has 2 aromatic carbocycles. The van der Waals surface area contributed by atoms with Crippen molar-refractivity contribution in [2.24, 2.45) is 0 Å². The van der Waals surface area contributed by atoms with Crippen molar-refractivity contribution < 1.29 is 27.8 Å². The number of nitrogens with one attached hydrogen (secondary N) is 1. The van der Waals surface area contributed by atoms with Crippen LogP contribution >= 0.6 is 0 Å². The van der Waals surface area contributed by atoms with E-state index in [4.69, 9.17) is 14.6 Å². The van der Waals surface area contributed by atoms with Crippen LogP contribution in [0.5, 0.6) is 5.75 Å². The maximum atomic E-state index is 12.3. The predicted octanol–water partition coefficient (Wildman–Crippen LogP) is 2.21. The normalized spacial score (nSPS) is 11.0. The van der Waals surface area contributed by atoms with Crippen molar-refractivity contribution in [3.63, 3.8) is 0 Å². The Morgan fingerprint density at radius 3 is 2.21 bits per heavy atom. The fraction of sp³-hybridized carbons (Fsp3) is 0.188. The molecule has 128 valence electrons. The van der Waals surface area contributed by atoms with E-state index in [9.17, 15) is 13.2 Å². The smallest absolute Gasteiger partial charge is 0.335 e. The number of hydrogen-bond donors (Lipinski definition) is 2. The number of ether oxygens (including phenoxy) is 2. The molecule has 7 nitrogen and oxygen atoms in total. The van der Waals surface area contributed by atoms with E-state index >= 15 is 0 Å². The Bertz CT molecular complexity index is 784. The summed E-state index contributed by atoms with van der Waals surface area (Å²) in [6, 6.07) is 11.4. The van der Waals surface area contributed by atoms with Crippen molar-refractivity contribution in [3.8, 4) is 5.75 Å². The van der Waals surface area contributed by atoms with Gasteiger partial charge in [0.15, 0.2) is 0 Å². The SMILES string of the molecule is COCCOc1ccc(S(=O)(=O)Nc2ccc(C(=O)O)cc2)cc1. The zero-order valence-corrected chi connectivity index (χ0v) is 13.7. The molecule has 2 rings (SSSR count). The molecule has 0 bridgehead atoms. The zero-order valence-electron chi connectivity index (χ0n) is 12.9. The average molecular weight is 351 g/mol. The second-order valence-corrected chi connectivity index (χ2v) is 6.48. The third-order valence-electron chi connectivity index (χ3n) is 3.07. The summed E-state index contributed by atoms with van der Waals surface area (Å²) in [5, 5.41) is 8.83. The first-order chi connectivity index (χ1) is 11.4. The zero-order chi connectivity index (χ0) is 17.6. The van der Waals surface area contributed by atoms with Gasteiger partial charge in [-0.1, -0.05) is 0 Å². The molecule has 24 heavy (non-hydrogen) atoms. The second-order valence-electron chi connectivity index (χ2n) is 4.80. The number of carbonyl (C=O) groups is 1. The summed E-state index contributed by atoms with van der Waals surface area (Å²) in [6.07, 6.45) is 0. The number of hydrogen-bond acceptors (Lipinski definition) is 5. The molecule has 8 heteroatoms. The molecule has 0 radical (unpaired) electrons. The largest absolute Gasteiger partial charge is 0.491 e. The highest BCUT2D eigenvalue weighted by molar-refractivity contribution is 7.92. The summed E-state index contributed by atoms with van der Waals surface area (Å²) in [6.45, 7) is 0.810. The van der Waals surface area contributed by atoms with Crippen LogP contribution in [-0.2, 0) is 14.8 Å². The molecule has 0 aliphatic carbocycles. The maximum Gasteiger partial charge on any atom is 0.335 e. The predicted molar refractivity (Wildman–Crippen MR) is 88.0 cm³/mol. The van der Waals surface area contributed by atoms with Gasteiger partial charge in [-0.3, -0.25) is 4.72 Å². The Kier molecular flexibility index (Phi) is 5.78. The van der Waals surface area contributed by atoms with Crippen LogP contribution in [0, 0.1) is 0 Å². The molecule has 0 saturated heterocycles. The average Bonchev–Trinajstić information content (AvgIpc) is 2.56. The van der Waals surface area contributed by atoms with E-state index in [2.05, 4.69) is 4.72 Å². The topological polar surface area (TPSA) is 102 Å². The van der Waals surface area contributed by atoms with Crippen LogP contribution in [0.25, 0.3) is 0 Å². The lowest BCUT2D eigenvalue weighted by molar-refractivity contribution is 0.0697. The van der Waals surface area contributed by atoms with E-state index in [-0.39, 0.29) is 16.1 Å². The van der Waals surface area contributed by atoms with Gasteiger partial charge in [-0.05, 0) is 48.5 Å². The summed E-state index contributed by atoms with van der Waals surface area (Å²) in [4.78, 5) is 10.9. The molecule has 0 atom stereocenters. The van der Waals surface area contributed by atoms with E-state index in [1.807, 2.05) is 0 Å². The Hall–Kier alpha value is -2.58. The van der Waals surface area contributed by atoms with Crippen LogP contribution in [0.4, 0.5) is 5.69 Å². The van der Waals surface area contributed by atoms with Crippen molar-refractivity contribution in [2.45, 2.75) is 4.90 Å². The van der Waals surface area contributed by atoms with Gasteiger partial charge in [0.1, 0.15) is 12.4 Å². The van der Waals surface area contributed by atoms with Gasteiger partial charge in [-0.15, -0.1) is 0 Å². The third kappa shape index (κ3) is 4.71. The van der Waals surface area contributed by atoms with E-state index in [0.717, 1.165) is 0 Å². The monoisotopic (exact) mass is 351 g/mol. The minimum Gasteiger partial charge on any atom is -0.491 e. The Balaban J connectivity index is 2.08. The minimum absolute atomic E-state index is 0.0731. The van der Waals surface area contributed by atoms with Gasteiger partial charge in [0.25, 0.3) is 10.0 Å². The third-order valence-corrected chi connectivity index (χ3v) is 4.47. The fourth-order valence-electron chi connectivity index (χ4n) is 1.85. The van der Waals surface area contributed by atoms with E-state index in [1.165, 1.54) is 36.4 Å². The second kappa shape index (κ2) is 7.80. The molecule has 0 heterocycles. The number of aromatic carboxylic acids is 1. The highest BCUT2D eigenvalue weighted by Crippen LogP contribution is 2.19. The number of sulfonamides is 1. The van der Waals surface area contributed by atoms with E-state index in [0.29, 0.717) is 19.0 Å². The molecule has 0 fully saturated rings. The van der Waals surface area contributed by atoms with Crippen LogP contribution in [0.15, 0.2) is 53.4 Å². The van der Waals surface area contributed by atoms with Crippen LogP contribution in [0.1, 0.15) is 10.4 Å². The van der Waals surface area contributed by atoms with Crippen LogP contribution in [-0.4, -0.2) is 39.8 Å². The molecule has 0 saturated carbocycles. The first-order valence-corrected chi connectivity index (χ1v) is 8.48. The molecule has 0 unspecified atom stereocenters. The van der Waals surface area contributed by atoms with Gasteiger partial charge in [0.05, 0.1) is 17.1 Å². The van der Waals surface area contributed by atoms with Gasteiger partial charge in [-0.2, -0.15) is 0 Å². The summed E-state index contributed by atoms with van der Waals surface area (Å²) < 4.78 is 37.2. The lowest BCUT2D eigenvalue weighted by atomic mass is 10.2. The van der Waals surface area contributed by atoms with Gasteiger partial charge in [-0.25, -0.2) is 13.2 Å². The molecular weight excluding hydrogens is 334 g/mol. The summed E-state index contributed by atoms with van der Waals surface area (Å²) in [7, 11) is -2.20. The number of carboxylic acid groups (broad SMARTS) is 1. The van der Waals surface area contributed by atoms with Gasteiger partial charge < -0.3 is 14.6 Å². The molecule has 2 aromatic rings. The van der Waals surface area contributed by atoms with E-state index < -0.39 is 16.0 Å². The lowest BCUT2D eigenvalue weighted by Crippen LogP contribution is -2.13. The van der Waals surface area contributed by atoms with Crippen molar-refractivity contribution in [2.75, 3.05) is 25.0 Å². The quantitative estimate of drug-likeness (QED) is 0.707. The molecule has 2 N–H and O–H groups in total. The van der Waals surface area contributed by atoms with Crippen molar-refractivity contribution in [1.82, 2.24) is 0 Å². The summed E-state index contributed by atoms with van der Waals surface area (Å²) >= 11 is 0. The van der Waals surface area contributed by atoms with Crippen molar-refractivity contribution in [3.05, 3.63) is 54.1 Å². The highest BCUT2D eigenvalue weighted by Gasteiger charge is 2.14. The first kappa shape index (κ1) is 17.8. The molecular formula is C16H17NO6S. The Morgan fingerprint density at radius 2 is 1.67 bits per heavy atom. The Labute approximate surface area is 139 Å². The standard InChI is InChI=1S/C16H17NO6S/c1-22-10-11-23-14-6-8-15(9-7-14)24(20,21)17-13-4-2-12(3-5-13)16(18)19/h2-9,17H,10-11H2,1H3,(H,18,19). The van der Waals surface area contributed by atoms with Crippen LogP contribution in [0.2, 0.25) is 0 Å². The maximum absolute atomic E-state index is 12.3. The number of rotatable bonds is 8. The lowest BCUT2D eigenvalue weighted by Gasteiger charge is -2.10. The number of carboxylic acids is 1. The van der Waals surface area contributed by atoms with Crippen LogP contribution < -0.4 is 9.46 Å². The number of methoxy groups -OCH3 is 1. The molecule has 0 amide bonds. The molecule has 0 aliphatic heterocycles. The fourth-order valence-corrected chi connectivity index (χ4v) is 2.91. The van der Waals surface area contributed by atoms with Crippen molar-refractivity contribution in [1.29, 1.82) is 0 Å².